The second-order valence-corrected chi connectivity index (χ2v) is 5.85. The molecule has 1 saturated heterocycles. The molecule has 1 atom stereocenters. The quantitative estimate of drug-likeness (QED) is 0.918. The second-order valence-electron chi connectivity index (χ2n) is 5.85. The van der Waals surface area contributed by atoms with Gasteiger partial charge in [-0.1, -0.05) is 26.0 Å². The molecular formula is C16H23FN2O2. The van der Waals surface area contributed by atoms with Crippen LogP contribution in [0.3, 0.4) is 0 Å². The van der Waals surface area contributed by atoms with Gasteiger partial charge in [0.25, 0.3) is 0 Å². The van der Waals surface area contributed by atoms with Crippen LogP contribution in [0.25, 0.3) is 0 Å². The van der Waals surface area contributed by atoms with Crippen molar-refractivity contribution in [2.45, 2.75) is 20.0 Å². The van der Waals surface area contributed by atoms with E-state index in [1.807, 2.05) is 18.7 Å². The molecule has 0 radical (unpaired) electrons. The number of halogens is 1. The number of piperazine rings is 1. The molecule has 0 aliphatic carbocycles. The lowest BCUT2D eigenvalue weighted by Gasteiger charge is -2.36. The van der Waals surface area contributed by atoms with Crippen molar-refractivity contribution >= 4 is 5.91 Å². The minimum Gasteiger partial charge on any atom is -0.387 e. The minimum atomic E-state index is -0.701. The summed E-state index contributed by atoms with van der Waals surface area (Å²) in [4.78, 5) is 15.9. The Labute approximate surface area is 125 Å². The molecule has 1 amide bonds. The molecule has 5 heteroatoms. The maximum atomic E-state index is 13.2. The van der Waals surface area contributed by atoms with E-state index in [1.54, 1.807) is 12.1 Å². The number of hydrogen-bond donors (Lipinski definition) is 1. The standard InChI is InChI=1S/C16H23FN2O2/c1-12(2)16(21)19-8-6-18(7-9-19)11-15(20)13-4-3-5-14(17)10-13/h3-5,10,12,15,20H,6-9,11H2,1-2H3. The molecule has 116 valence electrons. The number of rotatable bonds is 4. The zero-order valence-corrected chi connectivity index (χ0v) is 12.6. The van der Waals surface area contributed by atoms with Crippen molar-refractivity contribution in [2.75, 3.05) is 32.7 Å². The van der Waals surface area contributed by atoms with E-state index < -0.39 is 6.10 Å². The summed E-state index contributed by atoms with van der Waals surface area (Å²) in [6, 6.07) is 6.06. The summed E-state index contributed by atoms with van der Waals surface area (Å²) in [6.07, 6.45) is -0.701. The minimum absolute atomic E-state index is 0.0226. The van der Waals surface area contributed by atoms with Crippen molar-refractivity contribution in [3.05, 3.63) is 35.6 Å². The number of benzene rings is 1. The molecule has 1 unspecified atom stereocenters. The fraction of sp³-hybridized carbons (Fsp3) is 0.562. The first-order chi connectivity index (χ1) is 9.97. The Kier molecular flexibility index (Phi) is 5.31. The summed E-state index contributed by atoms with van der Waals surface area (Å²) < 4.78 is 13.2. The lowest BCUT2D eigenvalue weighted by molar-refractivity contribution is -0.136. The molecule has 4 nitrogen and oxygen atoms in total. The van der Waals surface area contributed by atoms with Gasteiger partial charge >= 0.3 is 0 Å². The normalized spacial score (nSPS) is 18.0. The number of carbonyl (C=O) groups excluding carboxylic acids is 1. The third kappa shape index (κ3) is 4.25. The van der Waals surface area contributed by atoms with Crippen LogP contribution in [0.5, 0.6) is 0 Å². The zero-order valence-electron chi connectivity index (χ0n) is 12.6. The lowest BCUT2D eigenvalue weighted by atomic mass is 10.1. The number of carbonyl (C=O) groups is 1. The first-order valence-corrected chi connectivity index (χ1v) is 7.42. The summed E-state index contributed by atoms with van der Waals surface area (Å²) in [5.74, 6) is -0.131. The van der Waals surface area contributed by atoms with Gasteiger partial charge < -0.3 is 10.0 Å². The van der Waals surface area contributed by atoms with E-state index in [9.17, 15) is 14.3 Å². The van der Waals surface area contributed by atoms with Gasteiger partial charge in [0.1, 0.15) is 5.82 Å². The number of β-amino-alcohol motifs (C(OH)–C–C–N with tert-alkyl or cyclic N) is 1. The van der Waals surface area contributed by atoms with E-state index >= 15 is 0 Å². The summed E-state index contributed by atoms with van der Waals surface area (Å²) in [6.45, 7) is 7.13. The third-order valence-electron chi connectivity index (χ3n) is 3.84. The van der Waals surface area contributed by atoms with Gasteiger partial charge in [0.05, 0.1) is 6.10 Å². The average molecular weight is 294 g/mol. The SMILES string of the molecule is CC(C)C(=O)N1CCN(CC(O)c2cccc(F)c2)CC1. The summed E-state index contributed by atoms with van der Waals surface area (Å²) in [7, 11) is 0. The van der Waals surface area contributed by atoms with Crippen molar-refractivity contribution in [3.8, 4) is 0 Å². The fourth-order valence-electron chi connectivity index (χ4n) is 2.58. The van der Waals surface area contributed by atoms with E-state index in [0.29, 0.717) is 25.2 Å². The molecule has 0 bridgehead atoms. The van der Waals surface area contributed by atoms with Gasteiger partial charge in [-0.3, -0.25) is 9.69 Å². The molecule has 1 aromatic rings. The van der Waals surface area contributed by atoms with Gasteiger partial charge in [-0.05, 0) is 17.7 Å². The summed E-state index contributed by atoms with van der Waals surface area (Å²) >= 11 is 0. The van der Waals surface area contributed by atoms with Crippen LogP contribution in [0.2, 0.25) is 0 Å². The van der Waals surface area contributed by atoms with Crippen molar-refractivity contribution < 1.29 is 14.3 Å². The molecule has 1 aliphatic heterocycles. The topological polar surface area (TPSA) is 43.8 Å². The van der Waals surface area contributed by atoms with E-state index in [0.717, 1.165) is 13.1 Å². The second kappa shape index (κ2) is 7.00. The molecule has 21 heavy (non-hydrogen) atoms. The molecule has 2 rings (SSSR count). The van der Waals surface area contributed by atoms with Crippen molar-refractivity contribution in [1.82, 2.24) is 9.80 Å². The van der Waals surface area contributed by atoms with Crippen LogP contribution in [0, 0.1) is 11.7 Å². The molecule has 0 saturated carbocycles. The van der Waals surface area contributed by atoms with Crippen molar-refractivity contribution in [2.24, 2.45) is 5.92 Å². The van der Waals surface area contributed by atoms with Crippen LogP contribution >= 0.6 is 0 Å². The highest BCUT2D eigenvalue weighted by atomic mass is 19.1. The van der Waals surface area contributed by atoms with Crippen LogP contribution in [-0.2, 0) is 4.79 Å². The highest BCUT2D eigenvalue weighted by Gasteiger charge is 2.24. The molecular weight excluding hydrogens is 271 g/mol. The summed E-state index contributed by atoms with van der Waals surface area (Å²) in [5, 5.41) is 10.2. The average Bonchev–Trinajstić information content (AvgIpc) is 2.47. The lowest BCUT2D eigenvalue weighted by Crippen LogP contribution is -2.50. The van der Waals surface area contributed by atoms with E-state index in [1.165, 1.54) is 12.1 Å². The van der Waals surface area contributed by atoms with E-state index in [4.69, 9.17) is 0 Å². The monoisotopic (exact) mass is 294 g/mol. The maximum absolute atomic E-state index is 13.2. The Morgan fingerprint density at radius 2 is 1.95 bits per heavy atom. The smallest absolute Gasteiger partial charge is 0.225 e. The number of aliphatic hydroxyl groups excluding tert-OH is 1. The van der Waals surface area contributed by atoms with Crippen LogP contribution in [0.4, 0.5) is 4.39 Å². The summed E-state index contributed by atoms with van der Waals surface area (Å²) in [5.41, 5.74) is 0.593. The number of amides is 1. The Balaban J connectivity index is 1.85. The molecule has 0 spiro atoms. The number of hydrogen-bond acceptors (Lipinski definition) is 3. The van der Waals surface area contributed by atoms with Crippen molar-refractivity contribution in [1.29, 1.82) is 0 Å². The van der Waals surface area contributed by atoms with Crippen LogP contribution in [0.1, 0.15) is 25.5 Å². The molecule has 0 aromatic heterocycles. The van der Waals surface area contributed by atoms with Crippen LogP contribution < -0.4 is 0 Å². The zero-order chi connectivity index (χ0) is 15.4. The Hall–Kier alpha value is -1.46. The van der Waals surface area contributed by atoms with Gasteiger partial charge in [-0.2, -0.15) is 0 Å². The van der Waals surface area contributed by atoms with E-state index in [2.05, 4.69) is 4.90 Å². The highest BCUT2D eigenvalue weighted by molar-refractivity contribution is 5.78. The molecule has 1 aromatic carbocycles. The van der Waals surface area contributed by atoms with Gasteiger partial charge in [0, 0.05) is 38.6 Å². The molecule has 1 N–H and O–H groups in total. The van der Waals surface area contributed by atoms with Crippen LogP contribution in [0.15, 0.2) is 24.3 Å². The Morgan fingerprint density at radius 3 is 2.52 bits per heavy atom. The molecule has 1 fully saturated rings. The van der Waals surface area contributed by atoms with E-state index in [-0.39, 0.29) is 17.6 Å². The van der Waals surface area contributed by atoms with Gasteiger partial charge in [0.15, 0.2) is 0 Å². The van der Waals surface area contributed by atoms with Gasteiger partial charge in [-0.25, -0.2) is 4.39 Å². The van der Waals surface area contributed by atoms with Gasteiger partial charge in [-0.15, -0.1) is 0 Å². The first kappa shape index (κ1) is 15.9. The van der Waals surface area contributed by atoms with Gasteiger partial charge in [0.2, 0.25) is 5.91 Å². The Morgan fingerprint density at radius 1 is 1.29 bits per heavy atom. The van der Waals surface area contributed by atoms with Crippen molar-refractivity contribution in [3.63, 3.8) is 0 Å². The third-order valence-corrected chi connectivity index (χ3v) is 3.84. The van der Waals surface area contributed by atoms with Crippen LogP contribution in [-0.4, -0.2) is 53.5 Å². The first-order valence-electron chi connectivity index (χ1n) is 7.42. The predicted octanol–water partition coefficient (Wildman–Crippen LogP) is 1.66. The fourth-order valence-corrected chi connectivity index (χ4v) is 2.58. The largest absolute Gasteiger partial charge is 0.387 e. The molecule has 1 aliphatic rings. The maximum Gasteiger partial charge on any atom is 0.225 e. The Bertz CT molecular complexity index is 485. The number of nitrogens with zero attached hydrogens (tertiary/aromatic N) is 2. The molecule has 1 heterocycles. The number of aliphatic hydroxyl groups is 1. The predicted molar refractivity (Wildman–Crippen MR) is 79.2 cm³/mol. The highest BCUT2D eigenvalue weighted by Crippen LogP contribution is 2.17.